The highest BCUT2D eigenvalue weighted by Crippen LogP contribution is 2.28. The minimum Gasteiger partial charge on any atom is -0.504 e. The van der Waals surface area contributed by atoms with E-state index in [0.717, 1.165) is 5.56 Å². The van der Waals surface area contributed by atoms with Crippen LogP contribution in [0.25, 0.3) is 11.3 Å². The Morgan fingerprint density at radius 3 is 2.71 bits per heavy atom. The summed E-state index contributed by atoms with van der Waals surface area (Å²) in [7, 11) is -2.42. The second-order valence-corrected chi connectivity index (χ2v) is 3.69. The van der Waals surface area contributed by atoms with E-state index in [0.29, 0.717) is 5.69 Å². The standard InChI is InChI=1S/C9H7NO3S/c11-9-7(14(12)13)4-3-6-2-1-5-10-8(6)9/h1-5,10-11H. The number of aromatic hydroxyl groups is 1. The van der Waals surface area contributed by atoms with Gasteiger partial charge in [0.2, 0.25) is 10.3 Å². The van der Waals surface area contributed by atoms with Crippen LogP contribution >= 0.6 is 0 Å². The lowest BCUT2D eigenvalue weighted by atomic mass is 10.1. The predicted octanol–water partition coefficient (Wildman–Crippen LogP) is 1.24. The number of aromatic amines is 1. The lowest BCUT2D eigenvalue weighted by Crippen LogP contribution is -1.87. The molecule has 0 radical (unpaired) electrons. The number of H-pyrrole nitrogens is 1. The minimum atomic E-state index is -2.42. The lowest BCUT2D eigenvalue weighted by Gasteiger charge is -2.05. The highest BCUT2D eigenvalue weighted by Gasteiger charge is 2.08. The predicted molar refractivity (Wildman–Crippen MR) is 51.2 cm³/mol. The molecule has 0 spiro atoms. The van der Waals surface area contributed by atoms with E-state index in [1.165, 1.54) is 6.07 Å². The molecule has 0 saturated carbocycles. The highest BCUT2D eigenvalue weighted by atomic mass is 32.2. The average Bonchev–Trinajstić information content (AvgIpc) is 2.18. The zero-order valence-corrected chi connectivity index (χ0v) is 7.88. The van der Waals surface area contributed by atoms with Gasteiger partial charge < -0.3 is 10.1 Å². The van der Waals surface area contributed by atoms with Crippen LogP contribution in [0.4, 0.5) is 0 Å². The van der Waals surface area contributed by atoms with Gasteiger partial charge in [0.25, 0.3) is 0 Å². The van der Waals surface area contributed by atoms with Gasteiger partial charge >= 0.3 is 0 Å². The van der Waals surface area contributed by atoms with Crippen LogP contribution < -0.4 is 0 Å². The maximum Gasteiger partial charge on any atom is 0.225 e. The maximum atomic E-state index is 10.7. The zero-order valence-electron chi connectivity index (χ0n) is 7.06. The van der Waals surface area contributed by atoms with Gasteiger partial charge in [0, 0.05) is 11.8 Å². The van der Waals surface area contributed by atoms with E-state index in [1.807, 2.05) is 0 Å². The van der Waals surface area contributed by atoms with Gasteiger partial charge in [-0.1, -0.05) is 12.1 Å². The van der Waals surface area contributed by atoms with E-state index in [2.05, 4.69) is 4.98 Å². The summed E-state index contributed by atoms with van der Waals surface area (Å²) in [4.78, 5) is 2.79. The molecule has 1 heterocycles. The molecule has 0 atom stereocenters. The Labute approximate surface area is 81.3 Å². The molecule has 5 heteroatoms. The second-order valence-electron chi connectivity index (χ2n) is 2.78. The molecule has 0 unspecified atom stereocenters. The smallest absolute Gasteiger partial charge is 0.225 e. The number of phenols is 1. The molecule has 0 aromatic rings. The van der Waals surface area contributed by atoms with E-state index < -0.39 is 10.3 Å². The number of pyridine rings is 1. The number of fused-ring (bicyclic) bond motifs is 1. The third-order valence-corrected chi connectivity index (χ3v) is 2.64. The maximum absolute atomic E-state index is 10.7. The molecule has 4 nitrogen and oxygen atoms in total. The topological polar surface area (TPSA) is 70.2 Å². The fourth-order valence-electron chi connectivity index (χ4n) is 1.30. The Kier molecular flexibility index (Phi) is 2.01. The minimum absolute atomic E-state index is 0.0973. The second kappa shape index (κ2) is 3.19. The van der Waals surface area contributed by atoms with Gasteiger partial charge in [0.1, 0.15) is 4.51 Å². The number of benzene rings is 1. The Morgan fingerprint density at radius 1 is 1.21 bits per heavy atom. The fraction of sp³-hybridized carbons (Fsp3) is 0. The number of hydrogen-bond donors (Lipinski definition) is 2. The molecule has 1 aliphatic heterocycles. The summed E-state index contributed by atoms with van der Waals surface area (Å²) in [5.41, 5.74) is 1.19. The molecule has 0 aromatic carbocycles. The number of hydrogen-bond acceptors (Lipinski definition) is 3. The van der Waals surface area contributed by atoms with Crippen LogP contribution in [0, 0.1) is 4.51 Å². The Bertz CT molecular complexity index is 604. The number of phenolic OH excluding ortho intramolecular Hbond substituents is 1. The molecule has 2 N–H and O–H groups in total. The first-order chi connectivity index (χ1) is 6.70. The highest BCUT2D eigenvalue weighted by molar-refractivity contribution is 7.64. The number of rotatable bonds is 0. The Balaban J connectivity index is 3.06. The Hall–Kier alpha value is -1.75. The van der Waals surface area contributed by atoms with Crippen LogP contribution in [-0.2, 0) is 10.3 Å². The number of aromatic nitrogens is 1. The van der Waals surface area contributed by atoms with Crippen molar-refractivity contribution in [3.05, 3.63) is 35.0 Å². The van der Waals surface area contributed by atoms with Crippen LogP contribution in [-0.4, -0.2) is 18.5 Å². The molecule has 0 aromatic heterocycles. The summed E-state index contributed by atoms with van der Waals surface area (Å²) >= 11 is 0. The first kappa shape index (κ1) is 8.83. The van der Waals surface area contributed by atoms with Crippen molar-refractivity contribution in [3.8, 4) is 17.0 Å². The Morgan fingerprint density at radius 2 is 2.00 bits per heavy atom. The van der Waals surface area contributed by atoms with Crippen LogP contribution in [0.5, 0.6) is 5.75 Å². The van der Waals surface area contributed by atoms with Crippen molar-refractivity contribution in [2.45, 2.75) is 0 Å². The molecule has 2 rings (SSSR count). The summed E-state index contributed by atoms with van der Waals surface area (Å²) in [6.45, 7) is 0. The molecule has 0 bridgehead atoms. The van der Waals surface area contributed by atoms with E-state index in [-0.39, 0.29) is 10.3 Å². The van der Waals surface area contributed by atoms with Crippen LogP contribution in [0.15, 0.2) is 30.5 Å². The van der Waals surface area contributed by atoms with Crippen LogP contribution in [0.3, 0.4) is 0 Å². The van der Waals surface area contributed by atoms with Gasteiger partial charge in [-0.2, -0.15) is 8.42 Å². The van der Waals surface area contributed by atoms with E-state index in [1.54, 1.807) is 24.4 Å². The summed E-state index contributed by atoms with van der Waals surface area (Å²) in [6, 6.07) is 6.56. The molecule has 72 valence electrons. The SMILES string of the molecule is O=S(=O)=c1ccc2ccc[nH]c-2c1O. The van der Waals surface area contributed by atoms with E-state index >= 15 is 0 Å². The molecule has 14 heavy (non-hydrogen) atoms. The molecule has 0 saturated heterocycles. The van der Waals surface area contributed by atoms with Crippen molar-refractivity contribution >= 4 is 10.3 Å². The van der Waals surface area contributed by atoms with Crippen molar-refractivity contribution in [3.63, 3.8) is 0 Å². The summed E-state index contributed by atoms with van der Waals surface area (Å²) < 4.78 is 21.3. The molecule has 1 aliphatic carbocycles. The van der Waals surface area contributed by atoms with E-state index in [4.69, 9.17) is 0 Å². The number of nitrogens with one attached hydrogen (secondary N) is 1. The quantitative estimate of drug-likeness (QED) is 0.641. The van der Waals surface area contributed by atoms with Gasteiger partial charge in [-0.25, -0.2) is 0 Å². The normalized spacial score (nSPS) is 10.3. The zero-order chi connectivity index (χ0) is 10.1. The van der Waals surface area contributed by atoms with Gasteiger partial charge in [0.05, 0.1) is 5.69 Å². The fourth-order valence-corrected chi connectivity index (χ4v) is 1.74. The summed E-state index contributed by atoms with van der Waals surface area (Å²) in [5, 5.41) is 9.60. The summed E-state index contributed by atoms with van der Waals surface area (Å²) in [6.07, 6.45) is 1.62. The third-order valence-electron chi connectivity index (χ3n) is 1.95. The molecule has 0 fully saturated rings. The van der Waals surface area contributed by atoms with Crippen molar-refractivity contribution in [1.29, 1.82) is 0 Å². The van der Waals surface area contributed by atoms with Gasteiger partial charge in [0.15, 0.2) is 5.75 Å². The van der Waals surface area contributed by atoms with Crippen molar-refractivity contribution in [1.82, 2.24) is 4.98 Å². The molecule has 2 aliphatic rings. The van der Waals surface area contributed by atoms with Crippen molar-refractivity contribution in [2.24, 2.45) is 0 Å². The lowest BCUT2D eigenvalue weighted by molar-refractivity contribution is 0.472. The van der Waals surface area contributed by atoms with E-state index in [9.17, 15) is 13.5 Å². The summed E-state index contributed by atoms with van der Waals surface area (Å²) in [5.74, 6) is -0.239. The van der Waals surface area contributed by atoms with Gasteiger partial charge in [-0.15, -0.1) is 0 Å². The molecular weight excluding hydrogens is 202 g/mol. The van der Waals surface area contributed by atoms with Crippen LogP contribution in [0.2, 0.25) is 0 Å². The van der Waals surface area contributed by atoms with Crippen molar-refractivity contribution in [2.75, 3.05) is 0 Å². The monoisotopic (exact) mass is 209 g/mol. The first-order valence-electron chi connectivity index (χ1n) is 3.92. The van der Waals surface area contributed by atoms with Gasteiger partial charge in [-0.05, 0) is 12.1 Å². The molecular formula is C9H7NO3S. The van der Waals surface area contributed by atoms with Gasteiger partial charge in [-0.3, -0.25) is 0 Å². The largest absolute Gasteiger partial charge is 0.504 e. The average molecular weight is 209 g/mol. The van der Waals surface area contributed by atoms with Crippen LogP contribution in [0.1, 0.15) is 0 Å². The first-order valence-corrected chi connectivity index (χ1v) is 4.99. The van der Waals surface area contributed by atoms with Crippen molar-refractivity contribution < 1.29 is 13.5 Å². The molecule has 0 amide bonds. The third kappa shape index (κ3) is 1.27.